The molecule has 0 bridgehead atoms. The molecule has 1 aliphatic rings. The van der Waals surface area contributed by atoms with Gasteiger partial charge in [-0.25, -0.2) is 13.2 Å². The van der Waals surface area contributed by atoms with E-state index in [4.69, 9.17) is 4.74 Å². The second kappa shape index (κ2) is 9.04. The highest BCUT2D eigenvalue weighted by Crippen LogP contribution is 2.56. The predicted molar refractivity (Wildman–Crippen MR) is 137 cm³/mol. The molecule has 0 amide bonds. The first-order valence-corrected chi connectivity index (χ1v) is 15.2. The third-order valence-corrected chi connectivity index (χ3v) is 11.9. The topological polar surface area (TPSA) is 178 Å². The molecule has 1 aliphatic heterocycles. The summed E-state index contributed by atoms with van der Waals surface area (Å²) in [6.45, 7) is 0. The van der Waals surface area contributed by atoms with Gasteiger partial charge in [-0.15, -0.1) is 0 Å². The number of esters is 1. The van der Waals surface area contributed by atoms with E-state index in [2.05, 4.69) is 63.7 Å². The van der Waals surface area contributed by atoms with Gasteiger partial charge in [-0.05, 0) is 88.0 Å². The number of phenolic OH excluding ortho intramolecular Hbond substituents is 2. The zero-order valence-corrected chi connectivity index (χ0v) is 25.0. The molecule has 0 saturated carbocycles. The molecule has 190 valence electrons. The summed E-state index contributed by atoms with van der Waals surface area (Å²) in [6.07, 6.45) is 0. The molecule has 36 heavy (non-hydrogen) atoms. The summed E-state index contributed by atoms with van der Waals surface area (Å²) in [5, 5.41) is 20.1. The van der Waals surface area contributed by atoms with Gasteiger partial charge in [0.2, 0.25) is 0 Å². The quantitative estimate of drug-likeness (QED) is 0.144. The first-order chi connectivity index (χ1) is 16.5. The molecule has 0 spiro atoms. The Morgan fingerprint density at radius 2 is 1.25 bits per heavy atom. The number of aromatic hydroxyl groups is 2. The third kappa shape index (κ3) is 4.20. The number of rotatable bonds is 4. The first kappa shape index (κ1) is 27.5. The molecule has 1 heterocycles. The Kier molecular flexibility index (Phi) is 6.91. The minimum absolute atomic E-state index is 0.0435. The van der Waals surface area contributed by atoms with E-state index in [9.17, 15) is 40.9 Å². The molecule has 1 atom stereocenters. The first-order valence-electron chi connectivity index (χ1n) is 9.22. The van der Waals surface area contributed by atoms with Crippen LogP contribution in [0.15, 0.2) is 64.1 Å². The molecule has 3 N–H and O–H groups in total. The smallest absolute Gasteiger partial charge is 0.341 e. The highest BCUT2D eigenvalue weighted by atomic mass is 79.9. The normalized spacial score (nSPS) is 17.7. The molecule has 0 saturated heterocycles. The highest BCUT2D eigenvalue weighted by molar-refractivity contribution is 9.15. The molecule has 0 aromatic heterocycles. The van der Waals surface area contributed by atoms with Crippen molar-refractivity contribution < 1.29 is 45.7 Å². The lowest BCUT2D eigenvalue weighted by atomic mass is 9.80. The number of halogens is 4. The molecule has 1 unspecified atom stereocenters. The van der Waals surface area contributed by atoms with Crippen molar-refractivity contribution in [3.8, 4) is 11.5 Å². The van der Waals surface area contributed by atoms with Gasteiger partial charge in [0, 0.05) is 34.6 Å². The largest absolute Gasteiger partial charge is 0.744 e. The van der Waals surface area contributed by atoms with Crippen LogP contribution in [0.2, 0.25) is 0 Å². The van der Waals surface area contributed by atoms with Crippen LogP contribution < -0.4 is 0 Å². The monoisotopic (exact) mass is 789 g/mol. The minimum atomic E-state index is -5.21. The second-order valence-corrected chi connectivity index (χ2v) is 13.3. The predicted octanol–water partition coefficient (Wildman–Crippen LogP) is 4.76. The number of hydrogen-bond donors (Lipinski definition) is 3. The van der Waals surface area contributed by atoms with E-state index in [0.29, 0.717) is 8.95 Å². The van der Waals surface area contributed by atoms with Crippen LogP contribution in [0.4, 0.5) is 0 Å². The molecule has 10 nitrogen and oxygen atoms in total. The summed E-state index contributed by atoms with van der Waals surface area (Å²) < 4.78 is 76.0. The van der Waals surface area contributed by atoms with E-state index in [0.717, 1.165) is 24.3 Å². The number of carbonyl (C=O) groups is 1. The Bertz CT molecular complexity index is 1620. The maximum atomic E-state index is 13.2. The van der Waals surface area contributed by atoms with Gasteiger partial charge in [-0.1, -0.05) is 12.1 Å². The Morgan fingerprint density at radius 3 is 1.75 bits per heavy atom. The van der Waals surface area contributed by atoms with Crippen LogP contribution in [-0.2, 0) is 30.6 Å². The lowest BCUT2D eigenvalue weighted by molar-refractivity contribution is 0.0248. The number of cyclic esters (lactones) is 1. The van der Waals surface area contributed by atoms with Crippen molar-refractivity contribution in [3.63, 3.8) is 0 Å². The molecule has 3 aromatic rings. The fourth-order valence-corrected chi connectivity index (χ4v) is 7.60. The van der Waals surface area contributed by atoms with Crippen LogP contribution in [0.5, 0.6) is 11.5 Å². The van der Waals surface area contributed by atoms with Crippen molar-refractivity contribution in [2.24, 2.45) is 0 Å². The number of benzene rings is 3. The van der Waals surface area contributed by atoms with Gasteiger partial charge in [0.15, 0.2) is 5.60 Å². The second-order valence-electron chi connectivity index (χ2n) is 7.37. The van der Waals surface area contributed by atoms with Crippen molar-refractivity contribution >= 4 is 89.9 Å². The molecule has 3 aromatic carbocycles. The van der Waals surface area contributed by atoms with Crippen molar-refractivity contribution in [1.29, 1.82) is 0 Å². The van der Waals surface area contributed by atoms with Gasteiger partial charge in [0.1, 0.15) is 26.5 Å². The van der Waals surface area contributed by atoms with Crippen LogP contribution in [0.3, 0.4) is 0 Å². The third-order valence-electron chi connectivity index (χ3n) is 5.35. The van der Waals surface area contributed by atoms with Crippen LogP contribution in [-0.4, -0.2) is 42.1 Å². The lowest BCUT2D eigenvalue weighted by Crippen LogP contribution is -2.30. The SMILES string of the molecule is O=C1OC(c2ccc(O)c(S(=O)(=O)[O-])c2)(c2ccc(O)c(S(=O)(=O)O)c2)c2c(Br)c(Br)c(Br)c(Br)c21. The maximum Gasteiger partial charge on any atom is 0.341 e. The zero-order valence-electron chi connectivity index (χ0n) is 17.0. The average molecular weight is 793 g/mol. The summed E-state index contributed by atoms with van der Waals surface area (Å²) in [7, 11) is -10.2. The zero-order chi connectivity index (χ0) is 27.0. The van der Waals surface area contributed by atoms with Crippen molar-refractivity contribution in [1.82, 2.24) is 0 Å². The van der Waals surface area contributed by atoms with Crippen molar-refractivity contribution in [2.75, 3.05) is 0 Å². The van der Waals surface area contributed by atoms with E-state index < -0.39 is 53.1 Å². The van der Waals surface area contributed by atoms with Gasteiger partial charge in [0.05, 0.1) is 10.5 Å². The Labute approximate surface area is 237 Å². The number of fused-ring (bicyclic) bond motifs is 1. The average Bonchev–Trinajstić information content (AvgIpc) is 3.09. The molecule has 0 fully saturated rings. The Hall–Kier alpha value is -1.53. The van der Waals surface area contributed by atoms with Gasteiger partial charge in [-0.3, -0.25) is 4.55 Å². The number of ether oxygens (including phenoxy) is 1. The van der Waals surface area contributed by atoms with Crippen LogP contribution in [0.1, 0.15) is 27.0 Å². The highest BCUT2D eigenvalue weighted by Gasteiger charge is 2.52. The van der Waals surface area contributed by atoms with Crippen LogP contribution in [0, 0.1) is 0 Å². The minimum Gasteiger partial charge on any atom is -0.744 e. The van der Waals surface area contributed by atoms with E-state index in [1.165, 1.54) is 12.1 Å². The maximum absolute atomic E-state index is 13.2. The van der Waals surface area contributed by atoms with Gasteiger partial charge in [-0.2, -0.15) is 8.42 Å². The number of hydrogen-bond acceptors (Lipinski definition) is 9. The molecule has 16 heteroatoms. The van der Waals surface area contributed by atoms with E-state index in [-0.39, 0.29) is 31.2 Å². The summed E-state index contributed by atoms with van der Waals surface area (Å²) in [5.41, 5.74) is -2.44. The summed E-state index contributed by atoms with van der Waals surface area (Å²) >= 11 is 13.4. The molecule has 0 aliphatic carbocycles. The van der Waals surface area contributed by atoms with Crippen molar-refractivity contribution in [3.05, 3.63) is 76.5 Å². The van der Waals surface area contributed by atoms with Crippen molar-refractivity contribution in [2.45, 2.75) is 15.4 Å². The van der Waals surface area contributed by atoms with E-state index >= 15 is 0 Å². The number of carbonyl (C=O) groups excluding carboxylic acids is 1. The summed E-state index contributed by atoms with van der Waals surface area (Å²) in [5.74, 6) is -2.60. The van der Waals surface area contributed by atoms with Gasteiger partial charge >= 0.3 is 5.97 Å². The number of phenols is 2. The van der Waals surface area contributed by atoms with Crippen LogP contribution in [0.25, 0.3) is 0 Å². The fourth-order valence-electron chi connectivity index (χ4n) is 3.84. The van der Waals surface area contributed by atoms with E-state index in [1.807, 2.05) is 0 Å². The van der Waals surface area contributed by atoms with Gasteiger partial charge in [0.25, 0.3) is 10.1 Å². The van der Waals surface area contributed by atoms with Crippen LogP contribution >= 0.6 is 63.7 Å². The Balaban J connectivity index is 2.25. The molecule has 0 radical (unpaired) electrons. The molecular weight excluding hydrogens is 784 g/mol. The lowest BCUT2D eigenvalue weighted by Gasteiger charge is -2.32. The summed E-state index contributed by atoms with van der Waals surface area (Å²) in [6, 6.07) is 5.80. The standard InChI is InChI=1S/C20H10Br4O10S2/c21-15-13-14(16(22)18(24)17(15)23)20(34-19(13)27,7-1-3-9(25)11(5-7)35(28,29)30)8-2-4-10(26)12(6-8)36(31,32)33/h1-6,25-26H,(H,28,29,30)(H,31,32,33)/p-1. The Morgan fingerprint density at radius 1 is 0.778 bits per heavy atom. The molecule has 4 rings (SSSR count). The van der Waals surface area contributed by atoms with Gasteiger partial charge < -0.3 is 19.5 Å². The summed E-state index contributed by atoms with van der Waals surface area (Å²) in [4.78, 5) is 11.3. The van der Waals surface area contributed by atoms with E-state index in [1.54, 1.807) is 0 Å². The fraction of sp³-hybridized carbons (Fsp3) is 0.0500. The molecular formula is C20H9Br4O10S2-.